The average molecular weight is 548 g/mol. The first kappa shape index (κ1) is 38.2. The van der Waals surface area contributed by atoms with Gasteiger partial charge in [0.25, 0.3) is 0 Å². The van der Waals surface area contributed by atoms with Crippen LogP contribution in [0, 0.1) is 0 Å². The number of unbranched alkanes of at least 4 members (excludes halogenated alkanes) is 25. The van der Waals surface area contributed by atoms with Gasteiger partial charge in [-0.15, -0.1) is 0 Å². The summed E-state index contributed by atoms with van der Waals surface area (Å²) >= 11 is 0. The second kappa shape index (κ2) is 33.4. The van der Waals surface area contributed by atoms with Gasteiger partial charge in [0.15, 0.2) is 0 Å². The van der Waals surface area contributed by atoms with E-state index in [-0.39, 0.29) is 0 Å². The summed E-state index contributed by atoms with van der Waals surface area (Å²) in [6.07, 6.45) is 43.7. The molecule has 0 N–H and O–H groups in total. The number of amides is 1. The van der Waals surface area contributed by atoms with Crippen LogP contribution >= 0.6 is 0 Å². The number of carbonyl (C=O) groups excluding carboxylic acids is 1. The van der Waals surface area contributed by atoms with Crippen molar-refractivity contribution in [1.29, 1.82) is 0 Å². The molecular formula is C37H73NO. The molecule has 0 heterocycles. The SMILES string of the molecule is CCCCCCCCC=CCCCCCCCCN(CCCCCCCCCCCCCCCC)C(=O)CC. The van der Waals surface area contributed by atoms with E-state index in [1.54, 1.807) is 0 Å². The molecule has 0 rings (SSSR count). The van der Waals surface area contributed by atoms with Crippen molar-refractivity contribution in [1.82, 2.24) is 4.90 Å². The van der Waals surface area contributed by atoms with Crippen LogP contribution in [0.25, 0.3) is 0 Å². The first-order valence-corrected chi connectivity index (χ1v) is 18.2. The highest BCUT2D eigenvalue weighted by atomic mass is 16.2. The molecule has 0 spiro atoms. The van der Waals surface area contributed by atoms with E-state index in [2.05, 4.69) is 30.9 Å². The molecule has 0 aliphatic heterocycles. The molecule has 0 radical (unpaired) electrons. The average Bonchev–Trinajstić information content (AvgIpc) is 2.95. The maximum atomic E-state index is 12.4. The Kier molecular flexibility index (Phi) is 32.7. The number of rotatable bonds is 32. The third kappa shape index (κ3) is 30.0. The predicted molar refractivity (Wildman–Crippen MR) is 177 cm³/mol. The third-order valence-electron chi connectivity index (χ3n) is 8.38. The van der Waals surface area contributed by atoms with E-state index < -0.39 is 0 Å². The molecule has 0 aromatic carbocycles. The van der Waals surface area contributed by atoms with Crippen LogP contribution < -0.4 is 0 Å². The van der Waals surface area contributed by atoms with Gasteiger partial charge in [-0.25, -0.2) is 0 Å². The van der Waals surface area contributed by atoms with Crippen LogP contribution in [0.5, 0.6) is 0 Å². The van der Waals surface area contributed by atoms with Crippen LogP contribution in [0.4, 0.5) is 0 Å². The zero-order valence-electron chi connectivity index (χ0n) is 27.4. The molecule has 0 aliphatic rings. The standard InChI is InChI=1S/C37H73NO/c1-4-7-9-11-13-15-17-19-21-22-24-26-28-30-32-34-36-38(37(39)6-3)35-33-31-29-27-25-23-20-18-16-14-12-10-8-5-2/h19,21H,4-18,20,22-36H2,1-3H3. The minimum Gasteiger partial charge on any atom is -0.343 e. The Hall–Kier alpha value is -0.790. The van der Waals surface area contributed by atoms with Crippen LogP contribution in [-0.2, 0) is 4.79 Å². The molecule has 0 bridgehead atoms. The molecule has 0 aromatic rings. The fourth-order valence-corrected chi connectivity index (χ4v) is 5.63. The molecule has 0 atom stereocenters. The number of carbonyl (C=O) groups is 1. The van der Waals surface area contributed by atoms with Crippen molar-refractivity contribution in [3.63, 3.8) is 0 Å². The second-order valence-electron chi connectivity index (χ2n) is 12.3. The molecule has 39 heavy (non-hydrogen) atoms. The minimum absolute atomic E-state index is 0.359. The lowest BCUT2D eigenvalue weighted by Crippen LogP contribution is -2.32. The second-order valence-corrected chi connectivity index (χ2v) is 12.3. The monoisotopic (exact) mass is 548 g/mol. The molecule has 0 aromatic heterocycles. The summed E-state index contributed by atoms with van der Waals surface area (Å²) in [5, 5.41) is 0. The van der Waals surface area contributed by atoms with Gasteiger partial charge >= 0.3 is 0 Å². The molecule has 0 saturated carbocycles. The van der Waals surface area contributed by atoms with Crippen LogP contribution in [0.2, 0.25) is 0 Å². The van der Waals surface area contributed by atoms with Gasteiger partial charge in [0.2, 0.25) is 5.91 Å². The summed E-state index contributed by atoms with van der Waals surface area (Å²) in [5.41, 5.74) is 0. The summed E-state index contributed by atoms with van der Waals surface area (Å²) in [4.78, 5) is 14.5. The van der Waals surface area contributed by atoms with Crippen molar-refractivity contribution in [3.05, 3.63) is 12.2 Å². The number of hydrogen-bond acceptors (Lipinski definition) is 1. The van der Waals surface area contributed by atoms with Gasteiger partial charge in [0.1, 0.15) is 0 Å². The van der Waals surface area contributed by atoms with Crippen molar-refractivity contribution >= 4 is 5.91 Å². The lowest BCUT2D eigenvalue weighted by atomic mass is 10.0. The van der Waals surface area contributed by atoms with Gasteiger partial charge in [-0.2, -0.15) is 0 Å². The van der Waals surface area contributed by atoms with E-state index in [1.165, 1.54) is 180 Å². The van der Waals surface area contributed by atoms with Gasteiger partial charge < -0.3 is 4.90 Å². The van der Waals surface area contributed by atoms with Crippen molar-refractivity contribution < 1.29 is 4.79 Å². The zero-order valence-corrected chi connectivity index (χ0v) is 27.4. The normalized spacial score (nSPS) is 11.6. The molecule has 0 saturated heterocycles. The predicted octanol–water partition coefficient (Wildman–Crippen LogP) is 12.7. The molecule has 232 valence electrons. The maximum Gasteiger partial charge on any atom is 0.222 e. The summed E-state index contributed by atoms with van der Waals surface area (Å²) in [5.74, 6) is 0.359. The van der Waals surface area contributed by atoms with Crippen LogP contribution in [0.15, 0.2) is 12.2 Å². The number of allylic oxidation sites excluding steroid dienone is 2. The van der Waals surface area contributed by atoms with E-state index in [4.69, 9.17) is 0 Å². The van der Waals surface area contributed by atoms with Gasteiger partial charge in [-0.05, 0) is 38.5 Å². The Labute approximate surface area is 247 Å². The number of hydrogen-bond donors (Lipinski definition) is 0. The lowest BCUT2D eigenvalue weighted by Gasteiger charge is -2.22. The lowest BCUT2D eigenvalue weighted by molar-refractivity contribution is -0.131. The van der Waals surface area contributed by atoms with Crippen LogP contribution in [0.1, 0.15) is 207 Å². The highest BCUT2D eigenvalue weighted by Gasteiger charge is 2.10. The van der Waals surface area contributed by atoms with Crippen molar-refractivity contribution in [2.75, 3.05) is 13.1 Å². The molecule has 0 unspecified atom stereocenters. The fraction of sp³-hybridized carbons (Fsp3) is 0.919. The molecule has 0 aliphatic carbocycles. The van der Waals surface area contributed by atoms with Crippen molar-refractivity contribution in [2.24, 2.45) is 0 Å². The molecule has 2 nitrogen and oxygen atoms in total. The van der Waals surface area contributed by atoms with Crippen molar-refractivity contribution in [3.8, 4) is 0 Å². The smallest absolute Gasteiger partial charge is 0.222 e. The first-order chi connectivity index (χ1) is 19.3. The Bertz CT molecular complexity index is 500. The summed E-state index contributed by atoms with van der Waals surface area (Å²) in [7, 11) is 0. The third-order valence-corrected chi connectivity index (χ3v) is 8.38. The Morgan fingerprint density at radius 2 is 0.692 bits per heavy atom. The van der Waals surface area contributed by atoms with Gasteiger partial charge in [-0.1, -0.05) is 174 Å². The summed E-state index contributed by atoms with van der Waals surface area (Å²) in [6.45, 7) is 8.56. The quantitative estimate of drug-likeness (QED) is 0.0605. The Balaban J connectivity index is 3.54. The van der Waals surface area contributed by atoms with Gasteiger partial charge in [-0.3, -0.25) is 4.79 Å². The van der Waals surface area contributed by atoms with E-state index in [0.717, 1.165) is 13.1 Å². The highest BCUT2D eigenvalue weighted by molar-refractivity contribution is 5.75. The minimum atomic E-state index is 0.359. The van der Waals surface area contributed by atoms with Crippen molar-refractivity contribution in [2.45, 2.75) is 207 Å². The summed E-state index contributed by atoms with van der Waals surface area (Å²) < 4.78 is 0. The molecule has 2 heteroatoms. The fourth-order valence-electron chi connectivity index (χ4n) is 5.63. The molecular weight excluding hydrogens is 474 g/mol. The molecule has 0 fully saturated rings. The topological polar surface area (TPSA) is 20.3 Å². The van der Waals surface area contributed by atoms with E-state index in [0.29, 0.717) is 12.3 Å². The zero-order chi connectivity index (χ0) is 28.5. The highest BCUT2D eigenvalue weighted by Crippen LogP contribution is 2.14. The maximum absolute atomic E-state index is 12.4. The van der Waals surface area contributed by atoms with Gasteiger partial charge in [0, 0.05) is 19.5 Å². The largest absolute Gasteiger partial charge is 0.343 e. The van der Waals surface area contributed by atoms with E-state index >= 15 is 0 Å². The van der Waals surface area contributed by atoms with Crippen LogP contribution in [0.3, 0.4) is 0 Å². The Morgan fingerprint density at radius 3 is 1.00 bits per heavy atom. The first-order valence-electron chi connectivity index (χ1n) is 18.2. The van der Waals surface area contributed by atoms with E-state index in [9.17, 15) is 4.79 Å². The van der Waals surface area contributed by atoms with E-state index in [1.807, 2.05) is 6.92 Å². The van der Waals surface area contributed by atoms with Gasteiger partial charge in [0.05, 0.1) is 0 Å². The number of nitrogens with zero attached hydrogens (tertiary/aromatic N) is 1. The summed E-state index contributed by atoms with van der Waals surface area (Å²) in [6, 6.07) is 0. The van der Waals surface area contributed by atoms with Crippen LogP contribution in [-0.4, -0.2) is 23.9 Å². The Morgan fingerprint density at radius 1 is 0.410 bits per heavy atom. The molecule has 1 amide bonds.